The Kier molecular flexibility index (Phi) is 4.58. The molecule has 0 radical (unpaired) electrons. The minimum Gasteiger partial charge on any atom is -0.321 e. The lowest BCUT2D eigenvalue weighted by molar-refractivity contribution is 0.103. The third-order valence-electron chi connectivity index (χ3n) is 4.49. The van der Waals surface area contributed by atoms with Gasteiger partial charge in [0.2, 0.25) is 0 Å². The standard InChI is InChI=1S/C20H14BrClN2O2S/c1-10-7-11(21)3-6-15(10)23-19(25)17-9-14-18(27-17)13-5-4-12(22)8-16(13)24(2)20(14)26/h3-9H,1-2H3,(H,23,25). The number of aromatic nitrogens is 1. The van der Waals surface area contributed by atoms with Crippen molar-refractivity contribution in [1.82, 2.24) is 4.57 Å². The lowest BCUT2D eigenvalue weighted by Crippen LogP contribution is -2.16. The summed E-state index contributed by atoms with van der Waals surface area (Å²) < 4.78 is 3.31. The van der Waals surface area contributed by atoms with E-state index in [0.29, 0.717) is 15.3 Å². The molecule has 0 saturated heterocycles. The molecule has 4 aromatic rings. The first-order valence-corrected chi connectivity index (χ1v) is 10.1. The number of nitrogens with one attached hydrogen (secondary N) is 1. The van der Waals surface area contributed by atoms with Gasteiger partial charge in [-0.25, -0.2) is 0 Å². The van der Waals surface area contributed by atoms with Crippen LogP contribution in [-0.4, -0.2) is 10.5 Å². The summed E-state index contributed by atoms with van der Waals surface area (Å²) in [7, 11) is 1.71. The second kappa shape index (κ2) is 6.78. The van der Waals surface area contributed by atoms with E-state index < -0.39 is 0 Å². The van der Waals surface area contributed by atoms with E-state index in [9.17, 15) is 9.59 Å². The molecule has 136 valence electrons. The number of rotatable bonds is 2. The Hall–Kier alpha value is -2.15. The minimum absolute atomic E-state index is 0.144. The SMILES string of the molecule is Cc1cc(Br)ccc1NC(=O)c1cc2c(=O)n(C)c3cc(Cl)ccc3c2s1. The molecule has 0 aliphatic rings. The van der Waals surface area contributed by atoms with Gasteiger partial charge in [0, 0.05) is 32.3 Å². The van der Waals surface area contributed by atoms with Crippen molar-refractivity contribution in [1.29, 1.82) is 0 Å². The Bertz CT molecular complexity index is 1290. The molecule has 2 aromatic carbocycles. The smallest absolute Gasteiger partial charge is 0.265 e. The third kappa shape index (κ3) is 3.18. The molecule has 0 spiro atoms. The number of pyridine rings is 1. The lowest BCUT2D eigenvalue weighted by atomic mass is 10.1. The van der Waals surface area contributed by atoms with Crippen molar-refractivity contribution >= 4 is 71.5 Å². The molecule has 0 bridgehead atoms. The van der Waals surface area contributed by atoms with Gasteiger partial charge >= 0.3 is 0 Å². The first-order valence-electron chi connectivity index (χ1n) is 8.14. The Morgan fingerprint density at radius 2 is 1.93 bits per heavy atom. The molecule has 0 saturated carbocycles. The van der Waals surface area contributed by atoms with Crippen molar-refractivity contribution in [2.24, 2.45) is 7.05 Å². The zero-order valence-corrected chi connectivity index (χ0v) is 17.6. The predicted octanol–water partition coefficient (Wildman–Crippen LogP) is 5.73. The average Bonchev–Trinajstić information content (AvgIpc) is 3.07. The molecule has 7 heteroatoms. The van der Waals surface area contributed by atoms with Crippen LogP contribution in [0.4, 0.5) is 5.69 Å². The fourth-order valence-corrected chi connectivity index (χ4v) is 4.80. The van der Waals surface area contributed by atoms with E-state index >= 15 is 0 Å². The molecule has 27 heavy (non-hydrogen) atoms. The Morgan fingerprint density at radius 1 is 1.15 bits per heavy atom. The molecule has 1 N–H and O–H groups in total. The molecule has 4 rings (SSSR count). The maximum Gasteiger partial charge on any atom is 0.265 e. The van der Waals surface area contributed by atoms with Gasteiger partial charge in [0.1, 0.15) is 0 Å². The molecule has 2 heterocycles. The van der Waals surface area contributed by atoms with Crippen LogP contribution in [0.25, 0.3) is 21.0 Å². The van der Waals surface area contributed by atoms with Crippen molar-refractivity contribution in [2.75, 3.05) is 5.32 Å². The first-order chi connectivity index (χ1) is 12.8. The number of fused-ring (bicyclic) bond motifs is 3. The molecule has 4 nitrogen and oxygen atoms in total. The van der Waals surface area contributed by atoms with Gasteiger partial charge in [-0.05, 0) is 55.0 Å². The fraction of sp³-hybridized carbons (Fsp3) is 0.100. The predicted molar refractivity (Wildman–Crippen MR) is 116 cm³/mol. The van der Waals surface area contributed by atoms with E-state index in [1.807, 2.05) is 31.2 Å². The largest absolute Gasteiger partial charge is 0.321 e. The summed E-state index contributed by atoms with van der Waals surface area (Å²) in [4.78, 5) is 26.0. The zero-order valence-electron chi connectivity index (χ0n) is 14.5. The Labute approximate surface area is 172 Å². The molecule has 0 aliphatic carbocycles. The monoisotopic (exact) mass is 460 g/mol. The van der Waals surface area contributed by atoms with Crippen molar-refractivity contribution in [3.05, 3.63) is 72.8 Å². The van der Waals surface area contributed by atoms with Crippen LogP contribution in [-0.2, 0) is 7.05 Å². The summed E-state index contributed by atoms with van der Waals surface area (Å²) >= 11 is 10.8. The van der Waals surface area contributed by atoms with E-state index in [0.717, 1.165) is 31.3 Å². The van der Waals surface area contributed by atoms with Gasteiger partial charge in [-0.1, -0.05) is 27.5 Å². The van der Waals surface area contributed by atoms with Crippen LogP contribution < -0.4 is 10.9 Å². The number of thiophene rings is 1. The third-order valence-corrected chi connectivity index (χ3v) is 6.39. The molecular formula is C20H14BrClN2O2S. The lowest BCUT2D eigenvalue weighted by Gasteiger charge is -2.07. The number of halogens is 2. The van der Waals surface area contributed by atoms with Gasteiger partial charge < -0.3 is 9.88 Å². The maximum absolute atomic E-state index is 12.8. The minimum atomic E-state index is -0.231. The molecule has 2 aromatic heterocycles. The summed E-state index contributed by atoms with van der Waals surface area (Å²) in [5.41, 5.74) is 2.30. The van der Waals surface area contributed by atoms with E-state index in [2.05, 4.69) is 21.2 Å². The molecular weight excluding hydrogens is 448 g/mol. The normalized spacial score (nSPS) is 11.3. The first kappa shape index (κ1) is 18.2. The quantitative estimate of drug-likeness (QED) is 0.414. The van der Waals surface area contributed by atoms with Gasteiger partial charge in [-0.3, -0.25) is 9.59 Å². The molecule has 0 fully saturated rings. The van der Waals surface area contributed by atoms with Gasteiger partial charge in [-0.2, -0.15) is 0 Å². The highest BCUT2D eigenvalue weighted by Crippen LogP contribution is 2.32. The molecule has 0 aliphatic heterocycles. The van der Waals surface area contributed by atoms with Crippen LogP contribution in [0.15, 0.2) is 51.7 Å². The second-order valence-electron chi connectivity index (χ2n) is 6.29. The Morgan fingerprint density at radius 3 is 2.67 bits per heavy atom. The molecule has 0 atom stereocenters. The van der Waals surface area contributed by atoms with E-state index in [1.165, 1.54) is 11.3 Å². The van der Waals surface area contributed by atoms with Crippen LogP contribution in [0.3, 0.4) is 0 Å². The maximum atomic E-state index is 12.8. The van der Waals surface area contributed by atoms with Crippen molar-refractivity contribution in [3.63, 3.8) is 0 Å². The van der Waals surface area contributed by atoms with Crippen molar-refractivity contribution < 1.29 is 4.79 Å². The number of carbonyl (C=O) groups excluding carboxylic acids is 1. The second-order valence-corrected chi connectivity index (χ2v) is 8.70. The van der Waals surface area contributed by atoms with Gasteiger partial charge in [0.25, 0.3) is 11.5 Å². The van der Waals surface area contributed by atoms with Gasteiger partial charge in [0.05, 0.1) is 15.8 Å². The van der Waals surface area contributed by atoms with Gasteiger partial charge in [0.15, 0.2) is 0 Å². The van der Waals surface area contributed by atoms with Crippen molar-refractivity contribution in [2.45, 2.75) is 6.92 Å². The van der Waals surface area contributed by atoms with Crippen LogP contribution in [0, 0.1) is 6.92 Å². The number of nitrogens with zero attached hydrogens (tertiary/aromatic N) is 1. The highest BCUT2D eigenvalue weighted by atomic mass is 79.9. The Balaban J connectivity index is 1.83. The number of hydrogen-bond acceptors (Lipinski definition) is 3. The van der Waals surface area contributed by atoms with Crippen LogP contribution >= 0.6 is 38.9 Å². The molecule has 1 amide bonds. The zero-order chi connectivity index (χ0) is 19.3. The summed E-state index contributed by atoms with van der Waals surface area (Å²) in [6, 6.07) is 12.8. The number of aryl methyl sites for hydroxylation is 2. The number of hydrogen-bond donors (Lipinski definition) is 1. The van der Waals surface area contributed by atoms with Gasteiger partial charge in [-0.15, -0.1) is 11.3 Å². The summed E-state index contributed by atoms with van der Waals surface area (Å²) in [6.07, 6.45) is 0. The summed E-state index contributed by atoms with van der Waals surface area (Å²) in [5.74, 6) is -0.231. The summed E-state index contributed by atoms with van der Waals surface area (Å²) in [6.45, 7) is 1.93. The van der Waals surface area contributed by atoms with Crippen LogP contribution in [0.1, 0.15) is 15.2 Å². The van der Waals surface area contributed by atoms with Crippen LogP contribution in [0.5, 0.6) is 0 Å². The molecule has 0 unspecified atom stereocenters. The number of benzene rings is 2. The number of anilines is 1. The average molecular weight is 462 g/mol. The number of amides is 1. The highest BCUT2D eigenvalue weighted by molar-refractivity contribution is 9.10. The topological polar surface area (TPSA) is 51.1 Å². The summed E-state index contributed by atoms with van der Waals surface area (Å²) in [5, 5.41) is 4.93. The van der Waals surface area contributed by atoms with Crippen LogP contribution in [0.2, 0.25) is 5.02 Å². The van der Waals surface area contributed by atoms with E-state index in [4.69, 9.17) is 11.6 Å². The number of carbonyl (C=O) groups is 1. The van der Waals surface area contributed by atoms with E-state index in [-0.39, 0.29) is 11.5 Å². The fourth-order valence-electron chi connectivity index (χ4n) is 3.08. The van der Waals surface area contributed by atoms with Crippen molar-refractivity contribution in [3.8, 4) is 0 Å². The highest BCUT2D eigenvalue weighted by Gasteiger charge is 2.17. The van der Waals surface area contributed by atoms with E-state index in [1.54, 1.807) is 29.8 Å².